The summed E-state index contributed by atoms with van der Waals surface area (Å²) < 4.78 is 16.7. The number of rotatable bonds is 4. The van der Waals surface area contributed by atoms with E-state index in [2.05, 4.69) is 187 Å². The van der Waals surface area contributed by atoms with E-state index in [-0.39, 0.29) is 17.7 Å². The number of anilines is 2. The molecular weight excluding hydrogens is 840 g/mol. The number of para-hydroxylation sites is 2. The lowest BCUT2D eigenvalue weighted by Crippen LogP contribution is -2.60. The molecule has 11 aromatic rings. The molecule has 4 unspecified atom stereocenters. The highest BCUT2D eigenvalue weighted by atomic mass is 16.3. The lowest BCUT2D eigenvalue weighted by atomic mass is 9.43. The number of benzene rings is 8. The van der Waals surface area contributed by atoms with E-state index >= 15 is 0 Å². The van der Waals surface area contributed by atoms with Crippen LogP contribution in [0.5, 0.6) is 0 Å². The second kappa shape index (κ2) is 12.8. The third-order valence-corrected chi connectivity index (χ3v) is 18.0. The van der Waals surface area contributed by atoms with Gasteiger partial charge < -0.3 is 18.2 Å². The van der Waals surface area contributed by atoms with Gasteiger partial charge in [0, 0.05) is 66.6 Å². The fraction of sp³-hybridized carbons (Fsp3) is 0.188. The highest BCUT2D eigenvalue weighted by Gasteiger charge is 2.48. The minimum atomic E-state index is -0.170. The Kier molecular flexibility index (Phi) is 6.94. The molecule has 0 radical (unpaired) electrons. The summed E-state index contributed by atoms with van der Waals surface area (Å²) >= 11 is 0. The lowest BCUT2D eigenvalue weighted by Gasteiger charge is -2.42. The Morgan fingerprint density at radius 2 is 1.20 bits per heavy atom. The Labute approximate surface area is 400 Å². The molecule has 2 saturated carbocycles. The molecule has 69 heavy (non-hydrogen) atoms. The standard InChI is InChI=1S/C64H47BN2O2/c1-63(24-22-38-26-40(38)34-63)42-18-21-53-47(28-42)49-29-43(64(2)25-23-39-27-41(39)35-64)30-52-61(49)66(53)55-32-50-46-13-7-9-15-57(46)69-62(50)59-51-31-48-45-12-6-8-14-56(45)68-58(48)33-54(51)67(65(52)60(55)59)44-19-16-37(17-20-44)36-10-4-3-5-11-36/h3-23,28-33,40-41H,24-27,34-35H2,1-2H3. The Morgan fingerprint density at radius 3 is 1.96 bits per heavy atom. The molecule has 4 aliphatic carbocycles. The molecule has 0 amide bonds. The van der Waals surface area contributed by atoms with Crippen LogP contribution in [-0.2, 0) is 10.8 Å². The summed E-state index contributed by atoms with van der Waals surface area (Å²) in [5.41, 5.74) is 23.6. The third-order valence-electron chi connectivity index (χ3n) is 18.0. The molecule has 2 fully saturated rings. The average molecular weight is 887 g/mol. The largest absolute Gasteiger partial charge is 0.456 e. The molecule has 5 heteroatoms. The molecule has 5 heterocycles. The van der Waals surface area contributed by atoms with Crippen LogP contribution in [0.4, 0.5) is 11.4 Å². The summed E-state index contributed by atoms with van der Waals surface area (Å²) in [5.74, 6) is 1.46. The first kappa shape index (κ1) is 37.5. The van der Waals surface area contributed by atoms with E-state index in [0.717, 1.165) is 79.6 Å². The third kappa shape index (κ3) is 5.00. The van der Waals surface area contributed by atoms with Gasteiger partial charge in [-0.1, -0.05) is 128 Å². The summed E-state index contributed by atoms with van der Waals surface area (Å²) in [6.07, 6.45) is 12.3. The van der Waals surface area contributed by atoms with Gasteiger partial charge in [-0.3, -0.25) is 0 Å². The van der Waals surface area contributed by atoms with Crippen LogP contribution in [-0.4, -0.2) is 11.4 Å². The van der Waals surface area contributed by atoms with Gasteiger partial charge in [-0.05, 0) is 149 Å². The maximum atomic E-state index is 7.19. The lowest BCUT2D eigenvalue weighted by molar-refractivity contribution is 0.407. The zero-order valence-corrected chi connectivity index (χ0v) is 38.8. The maximum absolute atomic E-state index is 7.19. The van der Waals surface area contributed by atoms with Crippen LogP contribution in [0, 0.1) is 11.8 Å². The van der Waals surface area contributed by atoms with Crippen molar-refractivity contribution in [3.63, 3.8) is 0 Å². The monoisotopic (exact) mass is 886 g/mol. The van der Waals surface area contributed by atoms with Crippen molar-refractivity contribution in [3.8, 4) is 27.9 Å². The van der Waals surface area contributed by atoms with E-state index in [4.69, 9.17) is 8.83 Å². The number of hydrogen-bond acceptors (Lipinski definition) is 3. The highest BCUT2D eigenvalue weighted by Crippen LogP contribution is 2.56. The summed E-state index contributed by atoms with van der Waals surface area (Å²) in [6, 6.07) is 57.3. The van der Waals surface area contributed by atoms with Crippen molar-refractivity contribution < 1.29 is 8.83 Å². The predicted octanol–water partition coefficient (Wildman–Crippen LogP) is 15.5. The number of fused-ring (bicyclic) bond motifs is 16. The molecule has 6 aliphatic rings. The number of allylic oxidation sites excluding steroid dienone is 4. The van der Waals surface area contributed by atoms with Gasteiger partial charge in [0.2, 0.25) is 0 Å². The van der Waals surface area contributed by atoms with Crippen LogP contribution in [0.15, 0.2) is 184 Å². The fourth-order valence-corrected chi connectivity index (χ4v) is 14.2. The minimum absolute atomic E-state index is 0.0187. The summed E-state index contributed by atoms with van der Waals surface area (Å²) in [6.45, 7) is 4.90. The fourth-order valence-electron chi connectivity index (χ4n) is 14.2. The van der Waals surface area contributed by atoms with Gasteiger partial charge >= 0.3 is 6.85 Å². The summed E-state index contributed by atoms with van der Waals surface area (Å²) in [5, 5.41) is 7.27. The number of hydrogen-bond donors (Lipinski definition) is 0. The molecule has 0 spiro atoms. The molecule has 2 aliphatic heterocycles. The molecule has 17 rings (SSSR count). The van der Waals surface area contributed by atoms with Crippen molar-refractivity contribution in [1.82, 2.24) is 4.57 Å². The van der Waals surface area contributed by atoms with Gasteiger partial charge in [0.25, 0.3) is 0 Å². The zero-order chi connectivity index (χ0) is 45.1. The summed E-state index contributed by atoms with van der Waals surface area (Å²) in [4.78, 5) is 2.66. The minimum Gasteiger partial charge on any atom is -0.456 e. The van der Waals surface area contributed by atoms with Crippen LogP contribution in [0.1, 0.15) is 63.5 Å². The Hall–Kier alpha value is -7.50. The average Bonchev–Trinajstić information content (AvgIpc) is 4.23. The Morgan fingerprint density at radius 1 is 0.536 bits per heavy atom. The Balaban J connectivity index is 1.02. The zero-order valence-electron chi connectivity index (χ0n) is 38.8. The van der Waals surface area contributed by atoms with Gasteiger partial charge in [0.1, 0.15) is 22.3 Å². The van der Waals surface area contributed by atoms with Crippen LogP contribution in [0.3, 0.4) is 0 Å². The quantitative estimate of drug-likeness (QED) is 0.130. The molecule has 4 nitrogen and oxygen atoms in total. The number of furan rings is 2. The molecule has 0 bridgehead atoms. The van der Waals surface area contributed by atoms with Crippen molar-refractivity contribution >= 4 is 94.8 Å². The molecule has 8 aromatic carbocycles. The highest BCUT2D eigenvalue weighted by molar-refractivity contribution is 6.94. The number of aromatic nitrogens is 1. The van der Waals surface area contributed by atoms with Crippen LogP contribution < -0.4 is 15.7 Å². The van der Waals surface area contributed by atoms with Crippen molar-refractivity contribution in [2.24, 2.45) is 11.8 Å². The SMILES string of the molecule is CC1(c2ccc3c(c2)c2cc(C4(C)CC=C5CC5C4)cc4c2n3-c2cc3c(oc5ccccc53)c3c2B4N(c2ccc(-c4ccccc4)cc2)c2cc4oc5ccccc5c4cc2-3)CC=C2CC2C1. The topological polar surface area (TPSA) is 34.5 Å². The number of nitrogens with zero attached hydrogens (tertiary/aromatic N) is 2. The van der Waals surface area contributed by atoms with E-state index in [9.17, 15) is 0 Å². The van der Waals surface area contributed by atoms with E-state index in [0.29, 0.717) is 5.92 Å². The van der Waals surface area contributed by atoms with Crippen molar-refractivity contribution in [1.29, 1.82) is 0 Å². The van der Waals surface area contributed by atoms with Gasteiger partial charge in [-0.25, -0.2) is 0 Å². The van der Waals surface area contributed by atoms with Gasteiger partial charge in [-0.2, -0.15) is 0 Å². The molecular formula is C64H47BN2O2. The van der Waals surface area contributed by atoms with Crippen LogP contribution >= 0.6 is 0 Å². The first-order chi connectivity index (χ1) is 33.9. The molecule has 0 N–H and O–H groups in total. The van der Waals surface area contributed by atoms with Crippen molar-refractivity contribution in [2.75, 3.05) is 4.81 Å². The van der Waals surface area contributed by atoms with Crippen LogP contribution in [0.2, 0.25) is 0 Å². The smallest absolute Gasteiger partial charge is 0.333 e. The first-order valence-corrected chi connectivity index (χ1v) is 25.3. The van der Waals surface area contributed by atoms with E-state index in [1.165, 1.54) is 91.9 Å². The van der Waals surface area contributed by atoms with Gasteiger partial charge in [-0.15, -0.1) is 0 Å². The van der Waals surface area contributed by atoms with Crippen molar-refractivity contribution in [3.05, 3.63) is 186 Å². The first-order valence-electron chi connectivity index (χ1n) is 25.3. The van der Waals surface area contributed by atoms with Crippen LogP contribution in [0.25, 0.3) is 93.6 Å². The summed E-state index contributed by atoms with van der Waals surface area (Å²) in [7, 11) is 0. The maximum Gasteiger partial charge on any atom is 0.333 e. The molecule has 328 valence electrons. The predicted molar refractivity (Wildman–Crippen MR) is 285 cm³/mol. The van der Waals surface area contributed by atoms with E-state index < -0.39 is 0 Å². The van der Waals surface area contributed by atoms with Gasteiger partial charge in [0.15, 0.2) is 0 Å². The molecule has 3 aromatic heterocycles. The Bertz CT molecular complexity index is 4200. The van der Waals surface area contributed by atoms with E-state index in [1.54, 1.807) is 11.1 Å². The van der Waals surface area contributed by atoms with Crippen molar-refractivity contribution in [2.45, 2.75) is 63.2 Å². The molecule has 0 saturated heterocycles. The van der Waals surface area contributed by atoms with Gasteiger partial charge in [0.05, 0.1) is 11.0 Å². The van der Waals surface area contributed by atoms with E-state index in [1.807, 2.05) is 0 Å². The molecule has 4 atom stereocenters. The second-order valence-electron chi connectivity index (χ2n) is 22.1. The second-order valence-corrected chi connectivity index (χ2v) is 22.1. The normalized spacial score (nSPS) is 22.8.